The minimum absolute atomic E-state index is 1.17. The molecule has 242 valence electrons. The van der Waals surface area contributed by atoms with Crippen molar-refractivity contribution in [3.8, 4) is 48.8 Å². The highest BCUT2D eigenvalue weighted by atomic mass is 32.1. The molecule has 0 saturated carbocycles. The van der Waals surface area contributed by atoms with Gasteiger partial charge in [-0.25, -0.2) is 0 Å². The van der Waals surface area contributed by atoms with Crippen LogP contribution in [0.15, 0.2) is 188 Å². The Morgan fingerprint density at radius 2 is 0.827 bits per heavy atom. The molecule has 0 spiro atoms. The number of rotatable bonds is 5. The van der Waals surface area contributed by atoms with Crippen molar-refractivity contribution < 1.29 is 0 Å². The molecule has 2 heterocycles. The zero-order chi connectivity index (χ0) is 34.2. The van der Waals surface area contributed by atoms with Crippen molar-refractivity contribution in [2.24, 2.45) is 0 Å². The molecule has 0 aliphatic heterocycles. The van der Waals surface area contributed by atoms with Crippen LogP contribution < -0.4 is 0 Å². The van der Waals surface area contributed by atoms with Crippen LogP contribution in [0, 0.1) is 0 Å². The van der Waals surface area contributed by atoms with Crippen LogP contribution in [-0.4, -0.2) is 4.57 Å². The lowest BCUT2D eigenvalue weighted by molar-refractivity contribution is 1.18. The molecule has 0 atom stereocenters. The Morgan fingerprint density at radius 1 is 0.327 bits per heavy atom. The third-order valence-electron chi connectivity index (χ3n) is 10.8. The number of aromatic nitrogens is 1. The Morgan fingerprint density at radius 3 is 1.42 bits per heavy atom. The Balaban J connectivity index is 1.07. The molecular formula is C50H31NS. The summed E-state index contributed by atoms with van der Waals surface area (Å²) in [6.45, 7) is 0. The van der Waals surface area contributed by atoms with Gasteiger partial charge in [-0.2, -0.15) is 0 Å². The van der Waals surface area contributed by atoms with Crippen LogP contribution in [0.5, 0.6) is 0 Å². The van der Waals surface area contributed by atoms with E-state index in [1.807, 2.05) is 11.3 Å². The smallest absolute Gasteiger partial charge is 0.0541 e. The first kappa shape index (κ1) is 29.3. The molecule has 0 bridgehead atoms. The highest BCUT2D eigenvalue weighted by Crippen LogP contribution is 2.45. The molecule has 1 nitrogen and oxygen atoms in total. The van der Waals surface area contributed by atoms with Crippen molar-refractivity contribution in [2.45, 2.75) is 0 Å². The normalized spacial score (nSPS) is 11.8. The number of hydrogen-bond acceptors (Lipinski definition) is 1. The quantitative estimate of drug-likeness (QED) is 0.160. The van der Waals surface area contributed by atoms with E-state index in [1.54, 1.807) is 0 Å². The second kappa shape index (κ2) is 11.5. The summed E-state index contributed by atoms with van der Waals surface area (Å²) in [4.78, 5) is 2.57. The fraction of sp³-hybridized carbons (Fsp3) is 0. The fourth-order valence-corrected chi connectivity index (χ4v) is 9.38. The van der Waals surface area contributed by atoms with Gasteiger partial charge in [0.15, 0.2) is 0 Å². The van der Waals surface area contributed by atoms with Gasteiger partial charge in [0.1, 0.15) is 0 Å². The summed E-state index contributed by atoms with van der Waals surface area (Å²) in [6.07, 6.45) is 0. The molecule has 0 fully saturated rings. The number of benzene rings is 9. The van der Waals surface area contributed by atoms with Crippen molar-refractivity contribution in [2.75, 3.05) is 0 Å². The summed E-state index contributed by atoms with van der Waals surface area (Å²) in [5, 5.41) is 10.4. The van der Waals surface area contributed by atoms with Gasteiger partial charge in [-0.1, -0.05) is 146 Å². The number of fused-ring (bicyclic) bond motifs is 3. The van der Waals surface area contributed by atoms with E-state index in [0.717, 1.165) is 0 Å². The molecule has 0 aliphatic carbocycles. The lowest BCUT2D eigenvalue weighted by Gasteiger charge is -2.18. The van der Waals surface area contributed by atoms with Crippen LogP contribution in [0.2, 0.25) is 0 Å². The second-order valence-electron chi connectivity index (χ2n) is 13.7. The minimum atomic E-state index is 1.17. The molecule has 2 aromatic heterocycles. The average molecular weight is 678 g/mol. The fourth-order valence-electron chi connectivity index (χ4n) is 8.36. The lowest BCUT2D eigenvalue weighted by Crippen LogP contribution is -1.94. The van der Waals surface area contributed by atoms with Crippen LogP contribution in [0.4, 0.5) is 0 Å². The Bertz CT molecular complexity index is 3020. The number of para-hydroxylation sites is 2. The summed E-state index contributed by atoms with van der Waals surface area (Å²) >= 11 is 1.85. The van der Waals surface area contributed by atoms with E-state index >= 15 is 0 Å². The van der Waals surface area contributed by atoms with E-state index in [0.29, 0.717) is 0 Å². The predicted octanol–water partition coefficient (Wildman–Crippen LogP) is 14.4. The third-order valence-corrected chi connectivity index (χ3v) is 12.0. The average Bonchev–Trinajstić information content (AvgIpc) is 3.84. The molecule has 11 rings (SSSR count). The van der Waals surface area contributed by atoms with Gasteiger partial charge < -0.3 is 4.57 Å². The Labute approximate surface area is 305 Å². The highest BCUT2D eigenvalue weighted by Gasteiger charge is 2.18. The zero-order valence-electron chi connectivity index (χ0n) is 28.3. The van der Waals surface area contributed by atoms with Crippen molar-refractivity contribution in [1.29, 1.82) is 0 Å². The Hall–Kier alpha value is -6.48. The van der Waals surface area contributed by atoms with Gasteiger partial charge in [0, 0.05) is 26.2 Å². The standard InChI is InChI=1S/C50H31NS/c1-2-9-34(10-3-1)47-29-30-48(52-47)35-19-17-32(18-20-35)43-31-44(42-28-24-37-12-8-11-36-23-27-41(43)50(42)49(36)37)33-21-25-38(26-22-33)51-45-15-6-4-13-39(45)40-14-5-7-16-46(40)51/h1-31H. The molecule has 9 aromatic carbocycles. The summed E-state index contributed by atoms with van der Waals surface area (Å²) in [5.74, 6) is 0. The van der Waals surface area contributed by atoms with Gasteiger partial charge in [-0.15, -0.1) is 11.3 Å². The van der Waals surface area contributed by atoms with Gasteiger partial charge in [0.2, 0.25) is 0 Å². The van der Waals surface area contributed by atoms with Crippen LogP contribution in [0.3, 0.4) is 0 Å². The molecule has 52 heavy (non-hydrogen) atoms. The van der Waals surface area contributed by atoms with Crippen molar-refractivity contribution in [3.05, 3.63) is 188 Å². The lowest BCUT2D eigenvalue weighted by atomic mass is 9.85. The van der Waals surface area contributed by atoms with Crippen molar-refractivity contribution in [1.82, 2.24) is 4.57 Å². The number of thiophene rings is 1. The number of hydrogen-bond donors (Lipinski definition) is 0. The predicted molar refractivity (Wildman–Crippen MR) is 224 cm³/mol. The third kappa shape index (κ3) is 4.48. The van der Waals surface area contributed by atoms with Gasteiger partial charge >= 0.3 is 0 Å². The largest absolute Gasteiger partial charge is 0.309 e. The maximum atomic E-state index is 2.42. The van der Waals surface area contributed by atoms with Gasteiger partial charge in [0.25, 0.3) is 0 Å². The molecule has 0 saturated heterocycles. The molecule has 0 N–H and O–H groups in total. The topological polar surface area (TPSA) is 4.93 Å². The van der Waals surface area contributed by atoms with Crippen molar-refractivity contribution >= 4 is 65.5 Å². The van der Waals surface area contributed by atoms with E-state index in [9.17, 15) is 0 Å². The highest BCUT2D eigenvalue weighted by molar-refractivity contribution is 7.18. The first-order valence-corrected chi connectivity index (χ1v) is 18.7. The van der Waals surface area contributed by atoms with Gasteiger partial charge in [-0.05, 0) is 108 Å². The molecular weight excluding hydrogens is 647 g/mol. The van der Waals surface area contributed by atoms with Gasteiger partial charge in [0.05, 0.1) is 11.0 Å². The van der Waals surface area contributed by atoms with E-state index < -0.39 is 0 Å². The van der Waals surface area contributed by atoms with E-state index in [1.165, 1.54) is 103 Å². The van der Waals surface area contributed by atoms with Crippen LogP contribution >= 0.6 is 11.3 Å². The Kier molecular flexibility index (Phi) is 6.49. The van der Waals surface area contributed by atoms with Crippen LogP contribution in [-0.2, 0) is 0 Å². The molecule has 0 radical (unpaired) electrons. The molecule has 0 unspecified atom stereocenters. The SMILES string of the molecule is c1ccc(-c2ccc(-c3ccc(-c4cc(-c5ccc(-n6c7ccccc7c7ccccc76)cc5)c5ccc6cccc7ccc4c5c76)cc3)s2)cc1. The van der Waals surface area contributed by atoms with E-state index in [4.69, 9.17) is 0 Å². The summed E-state index contributed by atoms with van der Waals surface area (Å²) in [5.41, 5.74) is 11.1. The number of nitrogens with zero attached hydrogens (tertiary/aromatic N) is 1. The summed E-state index contributed by atoms with van der Waals surface area (Å²) in [6, 6.07) is 69.2. The summed E-state index contributed by atoms with van der Waals surface area (Å²) < 4.78 is 2.39. The van der Waals surface area contributed by atoms with Crippen LogP contribution in [0.25, 0.3) is 103 Å². The molecule has 0 amide bonds. The van der Waals surface area contributed by atoms with Crippen LogP contribution in [0.1, 0.15) is 0 Å². The molecule has 11 aromatic rings. The maximum absolute atomic E-state index is 2.42. The minimum Gasteiger partial charge on any atom is -0.309 e. The van der Waals surface area contributed by atoms with Crippen molar-refractivity contribution in [3.63, 3.8) is 0 Å². The first-order chi connectivity index (χ1) is 25.8. The maximum Gasteiger partial charge on any atom is 0.0541 e. The molecule has 0 aliphatic rings. The second-order valence-corrected chi connectivity index (χ2v) is 14.8. The summed E-state index contributed by atoms with van der Waals surface area (Å²) in [7, 11) is 0. The van der Waals surface area contributed by atoms with Gasteiger partial charge in [-0.3, -0.25) is 0 Å². The monoisotopic (exact) mass is 677 g/mol. The van der Waals surface area contributed by atoms with E-state index in [-0.39, 0.29) is 0 Å². The zero-order valence-corrected chi connectivity index (χ0v) is 29.1. The van der Waals surface area contributed by atoms with E-state index in [2.05, 4.69) is 193 Å². The molecule has 2 heteroatoms. The first-order valence-electron chi connectivity index (χ1n) is 17.8.